The first-order valence-corrected chi connectivity index (χ1v) is 6.42. The fourth-order valence-corrected chi connectivity index (χ4v) is 1.70. The molecule has 0 saturated heterocycles. The summed E-state index contributed by atoms with van der Waals surface area (Å²) in [5.74, 6) is -0.241. The van der Waals surface area contributed by atoms with Gasteiger partial charge < -0.3 is 5.73 Å². The molecule has 0 saturated carbocycles. The minimum absolute atomic E-state index is 0.204. The van der Waals surface area contributed by atoms with Crippen molar-refractivity contribution in [2.24, 2.45) is 5.73 Å². The van der Waals surface area contributed by atoms with Crippen LogP contribution in [-0.2, 0) is 16.6 Å². The molecule has 1 aromatic rings. The number of rotatable bonds is 5. The number of primary amides is 1. The predicted octanol–water partition coefficient (Wildman–Crippen LogP) is 3.35. The van der Waals surface area contributed by atoms with Gasteiger partial charge in [0.2, 0.25) is 5.91 Å². The average molecular weight is 245 g/mol. The predicted molar refractivity (Wildman–Crippen MR) is 76.4 cm³/mol. The molecule has 0 radical (unpaired) electrons. The normalized spacial score (nSPS) is 11.9. The molecule has 2 nitrogen and oxygen atoms in total. The number of allylic oxidation sites excluding steroid dienone is 2. The maximum absolute atomic E-state index is 10.6. The quantitative estimate of drug-likeness (QED) is 0.794. The molecule has 2 heteroatoms. The lowest BCUT2D eigenvalue weighted by Crippen LogP contribution is -2.10. The SMILES string of the molecule is CC(C)(C)c1ccc(CC=CCCC(N)=O)cc1. The molecule has 0 spiro atoms. The first-order valence-electron chi connectivity index (χ1n) is 6.42. The van der Waals surface area contributed by atoms with E-state index in [9.17, 15) is 4.79 Å². The number of hydrogen-bond acceptors (Lipinski definition) is 1. The van der Waals surface area contributed by atoms with Crippen LogP contribution >= 0.6 is 0 Å². The number of carbonyl (C=O) groups is 1. The molecular weight excluding hydrogens is 222 g/mol. The molecule has 0 heterocycles. The molecular formula is C16H23NO. The minimum atomic E-state index is -0.241. The molecule has 0 aliphatic carbocycles. The Balaban J connectivity index is 2.47. The first-order chi connectivity index (χ1) is 8.39. The van der Waals surface area contributed by atoms with Gasteiger partial charge >= 0.3 is 0 Å². The average Bonchev–Trinajstić information content (AvgIpc) is 2.27. The number of hydrogen-bond donors (Lipinski definition) is 1. The van der Waals surface area contributed by atoms with Crippen LogP contribution in [0.5, 0.6) is 0 Å². The van der Waals surface area contributed by atoms with Gasteiger partial charge in [-0.15, -0.1) is 0 Å². The highest BCUT2D eigenvalue weighted by Crippen LogP contribution is 2.22. The van der Waals surface area contributed by atoms with Crippen molar-refractivity contribution in [1.82, 2.24) is 0 Å². The van der Waals surface area contributed by atoms with E-state index in [0.29, 0.717) is 6.42 Å². The highest BCUT2D eigenvalue weighted by molar-refractivity contribution is 5.73. The van der Waals surface area contributed by atoms with Crippen molar-refractivity contribution in [3.8, 4) is 0 Å². The van der Waals surface area contributed by atoms with E-state index in [2.05, 4.69) is 51.1 Å². The second-order valence-electron chi connectivity index (χ2n) is 5.63. The van der Waals surface area contributed by atoms with Crippen LogP contribution in [0.15, 0.2) is 36.4 Å². The van der Waals surface area contributed by atoms with E-state index in [1.165, 1.54) is 11.1 Å². The first kappa shape index (κ1) is 14.5. The van der Waals surface area contributed by atoms with Gasteiger partial charge in [0, 0.05) is 6.42 Å². The van der Waals surface area contributed by atoms with Gasteiger partial charge in [-0.3, -0.25) is 4.79 Å². The Labute approximate surface area is 110 Å². The van der Waals surface area contributed by atoms with E-state index in [4.69, 9.17) is 5.73 Å². The summed E-state index contributed by atoms with van der Waals surface area (Å²) in [6.45, 7) is 6.64. The van der Waals surface area contributed by atoms with Crippen molar-refractivity contribution in [3.63, 3.8) is 0 Å². The van der Waals surface area contributed by atoms with E-state index < -0.39 is 0 Å². The third-order valence-electron chi connectivity index (χ3n) is 2.90. The summed E-state index contributed by atoms with van der Waals surface area (Å²) in [4.78, 5) is 10.6. The van der Waals surface area contributed by atoms with Gasteiger partial charge in [0.1, 0.15) is 0 Å². The highest BCUT2D eigenvalue weighted by atomic mass is 16.1. The fraction of sp³-hybridized carbons (Fsp3) is 0.438. The molecule has 0 aliphatic rings. The Bertz CT molecular complexity index is 410. The Kier molecular flexibility index (Phi) is 5.14. The molecule has 0 bridgehead atoms. The maximum Gasteiger partial charge on any atom is 0.217 e. The molecule has 0 fully saturated rings. The van der Waals surface area contributed by atoms with Crippen LogP contribution in [0.3, 0.4) is 0 Å². The van der Waals surface area contributed by atoms with Crippen LogP contribution in [0.4, 0.5) is 0 Å². The van der Waals surface area contributed by atoms with Crippen LogP contribution in [0.25, 0.3) is 0 Å². The van der Waals surface area contributed by atoms with Crippen LogP contribution in [-0.4, -0.2) is 5.91 Å². The molecule has 0 atom stereocenters. The number of nitrogens with two attached hydrogens (primary N) is 1. The summed E-state index contributed by atoms with van der Waals surface area (Å²) < 4.78 is 0. The van der Waals surface area contributed by atoms with Crippen molar-refractivity contribution in [3.05, 3.63) is 47.5 Å². The Hall–Kier alpha value is -1.57. The number of carbonyl (C=O) groups excluding carboxylic acids is 1. The van der Waals surface area contributed by atoms with Gasteiger partial charge in [-0.05, 0) is 29.4 Å². The lowest BCUT2D eigenvalue weighted by Gasteiger charge is -2.18. The van der Waals surface area contributed by atoms with Crippen LogP contribution < -0.4 is 5.73 Å². The van der Waals surface area contributed by atoms with E-state index in [1.54, 1.807) is 0 Å². The second kappa shape index (κ2) is 6.39. The van der Waals surface area contributed by atoms with Gasteiger partial charge in [0.05, 0.1) is 0 Å². The van der Waals surface area contributed by atoms with Crippen molar-refractivity contribution in [1.29, 1.82) is 0 Å². The van der Waals surface area contributed by atoms with E-state index >= 15 is 0 Å². The van der Waals surface area contributed by atoms with Crippen molar-refractivity contribution in [2.75, 3.05) is 0 Å². The smallest absolute Gasteiger partial charge is 0.217 e. The van der Waals surface area contributed by atoms with Crippen LogP contribution in [0.1, 0.15) is 44.7 Å². The summed E-state index contributed by atoms with van der Waals surface area (Å²) in [6, 6.07) is 8.71. The number of benzene rings is 1. The molecule has 0 aromatic heterocycles. The van der Waals surface area contributed by atoms with Gasteiger partial charge in [0.15, 0.2) is 0 Å². The van der Waals surface area contributed by atoms with Crippen molar-refractivity contribution < 1.29 is 4.79 Å². The van der Waals surface area contributed by atoms with Crippen molar-refractivity contribution in [2.45, 2.75) is 45.4 Å². The third-order valence-corrected chi connectivity index (χ3v) is 2.90. The summed E-state index contributed by atoms with van der Waals surface area (Å²) in [6.07, 6.45) is 6.18. The third kappa shape index (κ3) is 5.17. The van der Waals surface area contributed by atoms with Gasteiger partial charge in [-0.1, -0.05) is 57.2 Å². The molecule has 2 N–H and O–H groups in total. The fourth-order valence-electron chi connectivity index (χ4n) is 1.70. The standard InChI is InChI=1S/C16H23NO/c1-16(2,3)14-11-9-13(10-12-14)7-5-4-6-8-15(17)18/h4-5,9-12H,6-8H2,1-3H3,(H2,17,18). The molecule has 0 unspecified atom stereocenters. The van der Waals surface area contributed by atoms with Gasteiger partial charge in [0.25, 0.3) is 0 Å². The minimum Gasteiger partial charge on any atom is -0.370 e. The summed E-state index contributed by atoms with van der Waals surface area (Å²) in [5, 5.41) is 0. The molecule has 1 amide bonds. The topological polar surface area (TPSA) is 43.1 Å². The Morgan fingerprint density at radius 1 is 1.17 bits per heavy atom. The zero-order valence-corrected chi connectivity index (χ0v) is 11.6. The second-order valence-corrected chi connectivity index (χ2v) is 5.63. The molecule has 98 valence electrons. The van der Waals surface area contributed by atoms with Crippen LogP contribution in [0.2, 0.25) is 0 Å². The lowest BCUT2D eigenvalue weighted by molar-refractivity contribution is -0.117. The maximum atomic E-state index is 10.6. The summed E-state index contributed by atoms with van der Waals surface area (Å²) in [7, 11) is 0. The highest BCUT2D eigenvalue weighted by Gasteiger charge is 2.12. The molecule has 1 aromatic carbocycles. The largest absolute Gasteiger partial charge is 0.370 e. The lowest BCUT2D eigenvalue weighted by atomic mass is 9.86. The summed E-state index contributed by atoms with van der Waals surface area (Å²) >= 11 is 0. The molecule has 0 aliphatic heterocycles. The molecule has 1 rings (SSSR count). The van der Waals surface area contributed by atoms with Crippen LogP contribution in [0, 0.1) is 0 Å². The Morgan fingerprint density at radius 2 is 1.78 bits per heavy atom. The zero-order chi connectivity index (χ0) is 13.6. The number of amides is 1. The van der Waals surface area contributed by atoms with Gasteiger partial charge in [-0.25, -0.2) is 0 Å². The zero-order valence-electron chi connectivity index (χ0n) is 11.6. The summed E-state index contributed by atoms with van der Waals surface area (Å²) in [5.41, 5.74) is 7.92. The van der Waals surface area contributed by atoms with E-state index in [1.807, 2.05) is 6.08 Å². The Morgan fingerprint density at radius 3 is 2.28 bits per heavy atom. The van der Waals surface area contributed by atoms with E-state index in [0.717, 1.165) is 12.8 Å². The van der Waals surface area contributed by atoms with Crippen molar-refractivity contribution >= 4 is 5.91 Å². The van der Waals surface area contributed by atoms with E-state index in [-0.39, 0.29) is 11.3 Å². The molecule has 18 heavy (non-hydrogen) atoms. The monoisotopic (exact) mass is 245 g/mol. The van der Waals surface area contributed by atoms with Gasteiger partial charge in [-0.2, -0.15) is 0 Å².